The second kappa shape index (κ2) is 7.70. The molecule has 3 nitrogen and oxygen atoms in total. The summed E-state index contributed by atoms with van der Waals surface area (Å²) in [6, 6.07) is 12.5. The second-order valence-electron chi connectivity index (χ2n) is 9.36. The van der Waals surface area contributed by atoms with E-state index in [-0.39, 0.29) is 16.8 Å². The fraction of sp³-hybridized carbons (Fsp3) is 0.423. The van der Waals surface area contributed by atoms with Gasteiger partial charge in [-0.25, -0.2) is 0 Å². The van der Waals surface area contributed by atoms with Gasteiger partial charge < -0.3 is 9.47 Å². The third-order valence-corrected chi connectivity index (χ3v) is 6.13. The van der Waals surface area contributed by atoms with Gasteiger partial charge in [-0.2, -0.15) is 0 Å². The van der Waals surface area contributed by atoms with Crippen LogP contribution in [0.2, 0.25) is 0 Å². The monoisotopic (exact) mass is 392 g/mol. The predicted octanol–water partition coefficient (Wildman–Crippen LogP) is 6.53. The van der Waals surface area contributed by atoms with Gasteiger partial charge in [0.05, 0.1) is 7.11 Å². The van der Waals surface area contributed by atoms with Gasteiger partial charge in [-0.15, -0.1) is 0 Å². The molecule has 0 saturated carbocycles. The Bertz CT molecular complexity index is 964. The van der Waals surface area contributed by atoms with E-state index in [0.29, 0.717) is 11.5 Å². The van der Waals surface area contributed by atoms with E-state index in [1.807, 2.05) is 12.1 Å². The highest BCUT2D eigenvalue weighted by atomic mass is 16.6. The van der Waals surface area contributed by atoms with Crippen LogP contribution in [0.25, 0.3) is 11.6 Å². The zero-order valence-electron chi connectivity index (χ0n) is 18.7. The van der Waals surface area contributed by atoms with Gasteiger partial charge in [-0.3, -0.25) is 4.79 Å². The molecule has 0 aliphatic heterocycles. The number of fused-ring (bicyclic) bond motifs is 1. The number of methoxy groups -OCH3 is 1. The van der Waals surface area contributed by atoms with E-state index in [4.69, 9.17) is 9.47 Å². The van der Waals surface area contributed by atoms with Crippen LogP contribution in [-0.4, -0.2) is 13.1 Å². The molecule has 3 heteroatoms. The van der Waals surface area contributed by atoms with Crippen molar-refractivity contribution in [3.63, 3.8) is 0 Å². The van der Waals surface area contributed by atoms with Crippen LogP contribution in [0.5, 0.6) is 11.5 Å². The molecule has 3 rings (SSSR count). The first-order chi connectivity index (χ1) is 13.5. The van der Waals surface area contributed by atoms with Crippen LogP contribution >= 0.6 is 0 Å². The molecule has 0 radical (unpaired) electrons. The molecule has 2 aromatic rings. The molecule has 29 heavy (non-hydrogen) atoms. The van der Waals surface area contributed by atoms with E-state index in [2.05, 4.69) is 58.9 Å². The summed E-state index contributed by atoms with van der Waals surface area (Å²) >= 11 is 0. The van der Waals surface area contributed by atoms with Gasteiger partial charge in [0.2, 0.25) is 0 Å². The maximum Gasteiger partial charge on any atom is 0.308 e. The molecule has 154 valence electrons. The summed E-state index contributed by atoms with van der Waals surface area (Å²) in [4.78, 5) is 11.3. The molecule has 0 saturated heterocycles. The first-order valence-corrected chi connectivity index (χ1v) is 10.2. The van der Waals surface area contributed by atoms with E-state index in [9.17, 15) is 4.79 Å². The van der Waals surface area contributed by atoms with Gasteiger partial charge >= 0.3 is 5.97 Å². The quantitative estimate of drug-likeness (QED) is 0.337. The summed E-state index contributed by atoms with van der Waals surface area (Å²) in [5.41, 5.74) is 6.77. The summed E-state index contributed by atoms with van der Waals surface area (Å²) in [6.07, 6.45) is 4.56. The lowest BCUT2D eigenvalue weighted by molar-refractivity contribution is -0.132. The number of esters is 1. The molecular formula is C26H32O3. The average Bonchev–Trinajstić information content (AvgIpc) is 2.66. The number of rotatable bonds is 4. The molecular weight excluding hydrogens is 360 g/mol. The van der Waals surface area contributed by atoms with Crippen LogP contribution in [0.1, 0.15) is 76.6 Å². The molecule has 1 aliphatic rings. The fourth-order valence-corrected chi connectivity index (χ4v) is 4.18. The SMILES string of the molecule is COc1cc(C=C(C)c2ccc3c(c2)C(C)(C)CCC3(C)C)ccc1OC(C)=O. The minimum Gasteiger partial charge on any atom is -0.493 e. The summed E-state index contributed by atoms with van der Waals surface area (Å²) in [7, 11) is 1.58. The maximum atomic E-state index is 11.3. The van der Waals surface area contributed by atoms with E-state index in [1.165, 1.54) is 42.0 Å². The third kappa shape index (κ3) is 4.39. The normalized spacial score (nSPS) is 17.4. The first-order valence-electron chi connectivity index (χ1n) is 10.2. The highest BCUT2D eigenvalue weighted by Crippen LogP contribution is 2.46. The molecule has 0 heterocycles. The van der Waals surface area contributed by atoms with E-state index < -0.39 is 0 Å². The molecule has 0 aromatic heterocycles. The van der Waals surface area contributed by atoms with Crippen molar-refractivity contribution in [2.75, 3.05) is 7.11 Å². The van der Waals surface area contributed by atoms with Gasteiger partial charge in [-0.1, -0.05) is 58.0 Å². The Hall–Kier alpha value is -2.55. The fourth-order valence-electron chi connectivity index (χ4n) is 4.18. The van der Waals surface area contributed by atoms with Gasteiger partial charge in [0, 0.05) is 6.92 Å². The standard InChI is InChI=1S/C26H32O3/c1-17(14-19-8-11-23(29-18(2)27)24(15-19)28-7)20-9-10-21-22(16-20)26(5,6)13-12-25(21,3)4/h8-11,14-16H,12-13H2,1-7H3. The molecule has 0 bridgehead atoms. The van der Waals surface area contributed by atoms with Crippen molar-refractivity contribution in [2.45, 2.75) is 65.2 Å². The van der Waals surface area contributed by atoms with E-state index in [1.54, 1.807) is 13.2 Å². The van der Waals surface area contributed by atoms with Crippen LogP contribution in [0.4, 0.5) is 0 Å². The van der Waals surface area contributed by atoms with Crippen molar-refractivity contribution in [3.8, 4) is 11.5 Å². The Kier molecular flexibility index (Phi) is 5.62. The van der Waals surface area contributed by atoms with Crippen LogP contribution in [-0.2, 0) is 15.6 Å². The topological polar surface area (TPSA) is 35.5 Å². The summed E-state index contributed by atoms with van der Waals surface area (Å²) in [5, 5.41) is 0. The van der Waals surface area contributed by atoms with Crippen molar-refractivity contribution in [1.29, 1.82) is 0 Å². The summed E-state index contributed by atoms with van der Waals surface area (Å²) in [6.45, 7) is 12.9. The zero-order valence-corrected chi connectivity index (χ0v) is 18.7. The van der Waals surface area contributed by atoms with Crippen molar-refractivity contribution in [3.05, 3.63) is 58.7 Å². The smallest absolute Gasteiger partial charge is 0.308 e. The highest BCUT2D eigenvalue weighted by Gasteiger charge is 2.36. The Labute approximate surface area is 174 Å². The van der Waals surface area contributed by atoms with E-state index >= 15 is 0 Å². The van der Waals surface area contributed by atoms with Gasteiger partial charge in [0.15, 0.2) is 11.5 Å². The number of ether oxygens (including phenoxy) is 2. The third-order valence-electron chi connectivity index (χ3n) is 6.13. The largest absolute Gasteiger partial charge is 0.493 e. The lowest BCUT2D eigenvalue weighted by Crippen LogP contribution is -2.33. The van der Waals surface area contributed by atoms with Crippen LogP contribution in [0.3, 0.4) is 0 Å². The van der Waals surface area contributed by atoms with Crippen molar-refractivity contribution >= 4 is 17.6 Å². The second-order valence-corrected chi connectivity index (χ2v) is 9.36. The molecule has 0 unspecified atom stereocenters. The van der Waals surface area contributed by atoms with Gasteiger partial charge in [-0.05, 0) is 70.6 Å². The highest BCUT2D eigenvalue weighted by molar-refractivity contribution is 5.81. The summed E-state index contributed by atoms with van der Waals surface area (Å²) < 4.78 is 10.6. The van der Waals surface area contributed by atoms with Crippen LogP contribution < -0.4 is 9.47 Å². The van der Waals surface area contributed by atoms with E-state index in [0.717, 1.165) is 5.56 Å². The first kappa shape index (κ1) is 21.2. The summed E-state index contributed by atoms with van der Waals surface area (Å²) in [5.74, 6) is 0.630. The van der Waals surface area contributed by atoms with Crippen molar-refractivity contribution < 1.29 is 14.3 Å². The van der Waals surface area contributed by atoms with Crippen LogP contribution in [0.15, 0.2) is 36.4 Å². The number of benzene rings is 2. The minimum absolute atomic E-state index is 0.191. The van der Waals surface area contributed by atoms with Crippen LogP contribution in [0, 0.1) is 0 Å². The van der Waals surface area contributed by atoms with Crippen molar-refractivity contribution in [2.24, 2.45) is 0 Å². The average molecular weight is 393 g/mol. The number of carbonyl (C=O) groups is 1. The predicted molar refractivity (Wildman–Crippen MR) is 120 cm³/mol. The molecule has 0 fully saturated rings. The molecule has 0 atom stereocenters. The molecule has 0 spiro atoms. The minimum atomic E-state index is -0.359. The van der Waals surface area contributed by atoms with Crippen molar-refractivity contribution in [1.82, 2.24) is 0 Å². The Morgan fingerprint density at radius 3 is 2.17 bits per heavy atom. The number of hydrogen-bond acceptors (Lipinski definition) is 3. The lowest BCUT2D eigenvalue weighted by atomic mass is 9.63. The molecule has 1 aliphatic carbocycles. The Balaban J connectivity index is 1.98. The Morgan fingerprint density at radius 1 is 0.897 bits per heavy atom. The molecule has 2 aromatic carbocycles. The number of allylic oxidation sites excluding steroid dienone is 1. The zero-order chi connectivity index (χ0) is 21.4. The van der Waals surface area contributed by atoms with Gasteiger partial charge in [0.1, 0.15) is 0 Å². The lowest BCUT2D eigenvalue weighted by Gasteiger charge is -2.42. The number of hydrogen-bond donors (Lipinski definition) is 0. The number of carbonyl (C=O) groups excluding carboxylic acids is 1. The van der Waals surface area contributed by atoms with Gasteiger partial charge in [0.25, 0.3) is 0 Å². The Morgan fingerprint density at radius 2 is 1.55 bits per heavy atom. The molecule has 0 N–H and O–H groups in total. The molecule has 0 amide bonds. The maximum absolute atomic E-state index is 11.3.